The highest BCUT2D eigenvalue weighted by molar-refractivity contribution is 7.17. The van der Waals surface area contributed by atoms with Crippen molar-refractivity contribution in [3.8, 4) is 5.75 Å². The lowest BCUT2D eigenvalue weighted by Crippen LogP contribution is -2.06. The van der Waals surface area contributed by atoms with Gasteiger partial charge in [-0.15, -0.1) is 15.3 Å². The standard InChI is InChI=1S/C19H15N7OS/c1-27-14-9-6-13(7-10-14)8-11-18-23-26-17(21-22-19(26)28-18)12-25-16-5-3-2-4-15(16)20-24-25/h2-11H,12H2,1H3/b11-8-. The van der Waals surface area contributed by atoms with Gasteiger partial charge >= 0.3 is 0 Å². The van der Waals surface area contributed by atoms with Gasteiger partial charge in [0, 0.05) is 0 Å². The number of para-hydroxylation sites is 1. The largest absolute Gasteiger partial charge is 0.497 e. The highest BCUT2D eigenvalue weighted by atomic mass is 32.1. The van der Waals surface area contributed by atoms with Crippen LogP contribution in [0, 0.1) is 0 Å². The highest BCUT2D eigenvalue weighted by Crippen LogP contribution is 2.19. The van der Waals surface area contributed by atoms with Gasteiger partial charge in [0.2, 0.25) is 4.96 Å². The predicted molar refractivity (Wildman–Crippen MR) is 107 cm³/mol. The Bertz CT molecular complexity index is 1280. The fourth-order valence-electron chi connectivity index (χ4n) is 2.89. The summed E-state index contributed by atoms with van der Waals surface area (Å²) in [5, 5.41) is 22.3. The first-order chi connectivity index (χ1) is 13.8. The van der Waals surface area contributed by atoms with E-state index in [1.165, 1.54) is 11.3 Å². The Balaban J connectivity index is 1.41. The van der Waals surface area contributed by atoms with E-state index in [2.05, 4.69) is 25.6 Å². The Morgan fingerprint density at radius 3 is 2.71 bits per heavy atom. The minimum absolute atomic E-state index is 0.451. The molecule has 0 unspecified atom stereocenters. The first kappa shape index (κ1) is 16.6. The van der Waals surface area contributed by atoms with Gasteiger partial charge in [-0.05, 0) is 35.9 Å². The van der Waals surface area contributed by atoms with Crippen LogP contribution in [0.15, 0.2) is 48.5 Å². The van der Waals surface area contributed by atoms with Crippen LogP contribution in [0.4, 0.5) is 0 Å². The summed E-state index contributed by atoms with van der Waals surface area (Å²) in [6.07, 6.45) is 3.98. The third-order valence-electron chi connectivity index (χ3n) is 4.32. The molecule has 0 radical (unpaired) electrons. The topological polar surface area (TPSA) is 83.0 Å². The molecule has 9 heteroatoms. The zero-order valence-corrected chi connectivity index (χ0v) is 15.7. The fourth-order valence-corrected chi connectivity index (χ4v) is 3.65. The van der Waals surface area contributed by atoms with Crippen molar-refractivity contribution >= 4 is 39.5 Å². The summed E-state index contributed by atoms with van der Waals surface area (Å²) in [6.45, 7) is 0.451. The van der Waals surface area contributed by atoms with E-state index in [1.807, 2.05) is 60.7 Å². The maximum atomic E-state index is 5.18. The molecule has 0 aliphatic rings. The summed E-state index contributed by atoms with van der Waals surface area (Å²) in [4.78, 5) is 0.744. The van der Waals surface area contributed by atoms with E-state index >= 15 is 0 Å². The number of hydrogen-bond acceptors (Lipinski definition) is 7. The van der Waals surface area contributed by atoms with E-state index in [1.54, 1.807) is 16.3 Å². The minimum atomic E-state index is 0.451. The number of methoxy groups -OCH3 is 1. The minimum Gasteiger partial charge on any atom is -0.497 e. The Kier molecular flexibility index (Phi) is 4.06. The van der Waals surface area contributed by atoms with Crippen LogP contribution in [0.2, 0.25) is 0 Å². The molecule has 0 aliphatic carbocycles. The summed E-state index contributed by atoms with van der Waals surface area (Å²) in [5.74, 6) is 1.55. The van der Waals surface area contributed by atoms with Crippen molar-refractivity contribution in [3.05, 3.63) is 64.9 Å². The molecule has 0 saturated carbocycles. The first-order valence-corrected chi connectivity index (χ1v) is 9.43. The SMILES string of the molecule is COc1ccc(/C=C\c2nn3c(Cn4nnc5ccccc54)nnc3s2)cc1. The molecule has 5 rings (SSSR count). The maximum absolute atomic E-state index is 5.18. The molecule has 8 nitrogen and oxygen atoms in total. The van der Waals surface area contributed by atoms with Gasteiger partial charge in [0.15, 0.2) is 5.82 Å². The summed E-state index contributed by atoms with van der Waals surface area (Å²) in [5.41, 5.74) is 2.87. The molecule has 3 heterocycles. The number of rotatable bonds is 5. The molecule has 3 aromatic heterocycles. The van der Waals surface area contributed by atoms with Crippen LogP contribution in [-0.4, -0.2) is 41.9 Å². The summed E-state index contributed by atoms with van der Waals surface area (Å²) in [6, 6.07) is 15.7. The van der Waals surface area contributed by atoms with Crippen molar-refractivity contribution < 1.29 is 4.74 Å². The molecular formula is C19H15N7OS. The molecule has 0 spiro atoms. The second-order valence-corrected chi connectivity index (χ2v) is 7.08. The van der Waals surface area contributed by atoms with Crippen molar-refractivity contribution in [3.63, 3.8) is 0 Å². The molecule has 0 fully saturated rings. The Morgan fingerprint density at radius 2 is 1.86 bits per heavy atom. The molecule has 138 valence electrons. The lowest BCUT2D eigenvalue weighted by atomic mass is 10.2. The molecule has 2 aromatic carbocycles. The quantitative estimate of drug-likeness (QED) is 0.459. The van der Waals surface area contributed by atoms with Crippen LogP contribution in [0.3, 0.4) is 0 Å². The molecule has 0 bridgehead atoms. The van der Waals surface area contributed by atoms with E-state index < -0.39 is 0 Å². The maximum Gasteiger partial charge on any atom is 0.235 e. The summed E-state index contributed by atoms with van der Waals surface area (Å²) in [7, 11) is 1.66. The molecule has 0 aliphatic heterocycles. The van der Waals surface area contributed by atoms with Crippen molar-refractivity contribution in [1.29, 1.82) is 0 Å². The number of benzene rings is 2. The van der Waals surface area contributed by atoms with Crippen molar-refractivity contribution in [2.24, 2.45) is 0 Å². The number of hydrogen-bond donors (Lipinski definition) is 0. The molecule has 28 heavy (non-hydrogen) atoms. The Labute approximate surface area is 163 Å². The van der Waals surface area contributed by atoms with Gasteiger partial charge in [-0.3, -0.25) is 0 Å². The first-order valence-electron chi connectivity index (χ1n) is 8.62. The van der Waals surface area contributed by atoms with Gasteiger partial charge < -0.3 is 4.74 Å². The van der Waals surface area contributed by atoms with Crippen LogP contribution in [-0.2, 0) is 6.54 Å². The third-order valence-corrected chi connectivity index (χ3v) is 5.18. The number of aromatic nitrogens is 7. The Hall–Kier alpha value is -3.59. The van der Waals surface area contributed by atoms with Gasteiger partial charge in [-0.25, -0.2) is 4.68 Å². The zero-order valence-electron chi connectivity index (χ0n) is 14.9. The van der Waals surface area contributed by atoms with Gasteiger partial charge in [0.05, 0.1) is 12.6 Å². The second-order valence-electron chi connectivity index (χ2n) is 6.09. The van der Waals surface area contributed by atoms with Gasteiger partial charge in [0.1, 0.15) is 22.8 Å². The predicted octanol–water partition coefficient (Wildman–Crippen LogP) is 3.16. The summed E-state index contributed by atoms with van der Waals surface area (Å²) >= 11 is 1.48. The van der Waals surface area contributed by atoms with E-state index in [4.69, 9.17) is 4.74 Å². The lowest BCUT2D eigenvalue weighted by molar-refractivity contribution is 0.415. The summed E-state index contributed by atoms with van der Waals surface area (Å²) < 4.78 is 8.74. The molecular weight excluding hydrogens is 374 g/mol. The molecule has 0 amide bonds. The average molecular weight is 389 g/mol. The number of nitrogens with zero attached hydrogens (tertiary/aromatic N) is 7. The van der Waals surface area contributed by atoms with Crippen molar-refractivity contribution in [1.82, 2.24) is 34.8 Å². The number of fused-ring (bicyclic) bond motifs is 2. The van der Waals surface area contributed by atoms with E-state index in [9.17, 15) is 0 Å². The third kappa shape index (κ3) is 3.01. The van der Waals surface area contributed by atoms with Crippen molar-refractivity contribution in [2.75, 3.05) is 7.11 Å². The van der Waals surface area contributed by atoms with Crippen LogP contribution < -0.4 is 4.74 Å². The zero-order chi connectivity index (χ0) is 18.9. The van der Waals surface area contributed by atoms with Crippen LogP contribution in [0.5, 0.6) is 5.75 Å². The Morgan fingerprint density at radius 1 is 1.00 bits per heavy atom. The van der Waals surface area contributed by atoms with Gasteiger partial charge in [0.25, 0.3) is 0 Å². The van der Waals surface area contributed by atoms with Gasteiger partial charge in [-0.2, -0.15) is 9.61 Å². The van der Waals surface area contributed by atoms with Crippen LogP contribution in [0.25, 0.3) is 28.1 Å². The molecule has 0 atom stereocenters. The van der Waals surface area contributed by atoms with E-state index in [0.29, 0.717) is 12.4 Å². The second kappa shape index (κ2) is 6.86. The van der Waals surface area contributed by atoms with E-state index in [0.717, 1.165) is 32.3 Å². The number of ether oxygens (including phenoxy) is 1. The van der Waals surface area contributed by atoms with Crippen LogP contribution >= 0.6 is 11.3 Å². The van der Waals surface area contributed by atoms with Gasteiger partial charge in [-0.1, -0.05) is 46.9 Å². The average Bonchev–Trinajstić information content (AvgIpc) is 3.43. The monoisotopic (exact) mass is 389 g/mol. The molecule has 5 aromatic rings. The van der Waals surface area contributed by atoms with E-state index in [-0.39, 0.29) is 0 Å². The van der Waals surface area contributed by atoms with Crippen molar-refractivity contribution in [2.45, 2.75) is 6.54 Å². The highest BCUT2D eigenvalue weighted by Gasteiger charge is 2.13. The smallest absolute Gasteiger partial charge is 0.235 e. The molecule has 0 N–H and O–H groups in total. The normalized spacial score (nSPS) is 11.8. The fraction of sp³-hybridized carbons (Fsp3) is 0.105. The van der Waals surface area contributed by atoms with Crippen LogP contribution in [0.1, 0.15) is 16.4 Å². The lowest BCUT2D eigenvalue weighted by Gasteiger charge is -1.99. The molecule has 0 saturated heterocycles.